The number of carboxylic acids is 1. The summed E-state index contributed by atoms with van der Waals surface area (Å²) in [6, 6.07) is 15.2. The fraction of sp³-hybridized carbons (Fsp3) is 0.300. The molecule has 0 unspecified atom stereocenters. The van der Waals surface area contributed by atoms with Gasteiger partial charge in [0, 0.05) is 12.1 Å². The van der Waals surface area contributed by atoms with Crippen molar-refractivity contribution in [1.29, 1.82) is 0 Å². The van der Waals surface area contributed by atoms with Crippen LogP contribution in [0.4, 0.5) is 5.69 Å². The zero-order valence-corrected chi connectivity index (χ0v) is 14.2. The van der Waals surface area contributed by atoms with E-state index in [4.69, 9.17) is 0 Å². The third-order valence-corrected chi connectivity index (χ3v) is 4.32. The third kappa shape index (κ3) is 4.44. The van der Waals surface area contributed by atoms with E-state index in [-0.39, 0.29) is 18.2 Å². The van der Waals surface area contributed by atoms with E-state index in [0.29, 0.717) is 0 Å². The van der Waals surface area contributed by atoms with Crippen LogP contribution in [-0.4, -0.2) is 17.0 Å². The number of anilines is 1. The monoisotopic (exact) mass is 325 g/mol. The number of hydrogen-bond acceptors (Lipinski definition) is 2. The van der Waals surface area contributed by atoms with E-state index in [1.807, 2.05) is 69.3 Å². The molecule has 0 heterocycles. The third-order valence-electron chi connectivity index (χ3n) is 4.32. The molecule has 0 aliphatic heterocycles. The Balaban J connectivity index is 2.11. The number of carboxylic acid groups (broad SMARTS) is 1. The zero-order chi connectivity index (χ0) is 17.7. The van der Waals surface area contributed by atoms with Crippen LogP contribution < -0.4 is 5.32 Å². The van der Waals surface area contributed by atoms with E-state index < -0.39 is 11.9 Å². The molecule has 2 atom stereocenters. The Morgan fingerprint density at radius 1 is 1.08 bits per heavy atom. The summed E-state index contributed by atoms with van der Waals surface area (Å²) < 4.78 is 0. The first-order valence-electron chi connectivity index (χ1n) is 8.03. The number of aliphatic carboxylic acids is 1. The van der Waals surface area contributed by atoms with Crippen LogP contribution in [0.15, 0.2) is 48.5 Å². The van der Waals surface area contributed by atoms with Gasteiger partial charge in [0.1, 0.15) is 0 Å². The van der Waals surface area contributed by atoms with Gasteiger partial charge in [-0.25, -0.2) is 0 Å². The normalized spacial score (nSPS) is 13.1. The predicted molar refractivity (Wildman–Crippen MR) is 95.1 cm³/mol. The van der Waals surface area contributed by atoms with Crippen molar-refractivity contribution in [3.05, 3.63) is 65.2 Å². The first-order chi connectivity index (χ1) is 11.4. The molecule has 0 spiro atoms. The summed E-state index contributed by atoms with van der Waals surface area (Å²) >= 11 is 0. The highest BCUT2D eigenvalue weighted by Gasteiger charge is 2.28. The van der Waals surface area contributed by atoms with Gasteiger partial charge in [0.2, 0.25) is 5.91 Å². The van der Waals surface area contributed by atoms with Gasteiger partial charge in [0.25, 0.3) is 0 Å². The molecule has 0 radical (unpaired) electrons. The number of nitrogens with one attached hydrogen (secondary N) is 1. The number of benzene rings is 2. The van der Waals surface area contributed by atoms with Gasteiger partial charge in [0.15, 0.2) is 0 Å². The minimum absolute atomic E-state index is 0.0568. The highest BCUT2D eigenvalue weighted by Crippen LogP contribution is 2.28. The van der Waals surface area contributed by atoms with Gasteiger partial charge in [-0.15, -0.1) is 0 Å². The summed E-state index contributed by atoms with van der Waals surface area (Å²) in [5.41, 5.74) is 3.65. The van der Waals surface area contributed by atoms with Crippen molar-refractivity contribution in [2.75, 3.05) is 5.32 Å². The molecule has 0 saturated heterocycles. The molecular formula is C20H23NO3. The van der Waals surface area contributed by atoms with E-state index in [0.717, 1.165) is 22.4 Å². The number of aryl methyl sites for hydroxylation is 2. The van der Waals surface area contributed by atoms with E-state index in [2.05, 4.69) is 5.32 Å². The minimum atomic E-state index is -0.956. The van der Waals surface area contributed by atoms with Gasteiger partial charge in [-0.2, -0.15) is 0 Å². The zero-order valence-electron chi connectivity index (χ0n) is 14.2. The molecule has 2 N–H and O–H groups in total. The van der Waals surface area contributed by atoms with Crippen molar-refractivity contribution in [3.63, 3.8) is 0 Å². The van der Waals surface area contributed by atoms with Crippen LogP contribution in [0.1, 0.15) is 36.0 Å². The van der Waals surface area contributed by atoms with Crippen LogP contribution in [0.3, 0.4) is 0 Å². The molecule has 1 amide bonds. The first-order valence-corrected chi connectivity index (χ1v) is 8.03. The van der Waals surface area contributed by atoms with E-state index in [1.54, 1.807) is 0 Å². The van der Waals surface area contributed by atoms with Crippen LogP contribution in [0.25, 0.3) is 0 Å². The van der Waals surface area contributed by atoms with Crippen molar-refractivity contribution < 1.29 is 14.7 Å². The Morgan fingerprint density at radius 2 is 1.75 bits per heavy atom. The van der Waals surface area contributed by atoms with Gasteiger partial charge in [0.05, 0.1) is 5.92 Å². The smallest absolute Gasteiger partial charge is 0.307 e. The second-order valence-corrected chi connectivity index (χ2v) is 6.21. The molecule has 0 aromatic heterocycles. The van der Waals surface area contributed by atoms with Gasteiger partial charge in [-0.1, -0.05) is 49.4 Å². The lowest BCUT2D eigenvalue weighted by Crippen LogP contribution is -2.26. The van der Waals surface area contributed by atoms with Crippen molar-refractivity contribution in [2.45, 2.75) is 33.1 Å². The summed E-state index contributed by atoms with van der Waals surface area (Å²) in [7, 11) is 0. The lowest BCUT2D eigenvalue weighted by atomic mass is 9.85. The maximum Gasteiger partial charge on any atom is 0.307 e. The van der Waals surface area contributed by atoms with Crippen molar-refractivity contribution >= 4 is 17.6 Å². The topological polar surface area (TPSA) is 66.4 Å². The first kappa shape index (κ1) is 17.7. The summed E-state index contributed by atoms with van der Waals surface area (Å²) in [6.45, 7) is 5.71. The van der Waals surface area contributed by atoms with E-state index >= 15 is 0 Å². The summed E-state index contributed by atoms with van der Waals surface area (Å²) in [5.74, 6) is -2.24. The molecule has 2 aromatic carbocycles. The number of carbonyl (C=O) groups is 2. The SMILES string of the molecule is Cc1ccc(C)c(NC(=O)C[C@@H](C(=O)O)[C@@H](C)c2ccccc2)c1. The predicted octanol–water partition coefficient (Wildman–Crippen LogP) is 4.14. The molecule has 0 fully saturated rings. The van der Waals surface area contributed by atoms with Crippen LogP contribution in [0.2, 0.25) is 0 Å². The summed E-state index contributed by atoms with van der Waals surface area (Å²) in [6.07, 6.45) is -0.0568. The van der Waals surface area contributed by atoms with Crippen LogP contribution >= 0.6 is 0 Å². The van der Waals surface area contributed by atoms with Crippen molar-refractivity contribution in [1.82, 2.24) is 0 Å². The van der Waals surface area contributed by atoms with Gasteiger partial charge in [-0.3, -0.25) is 9.59 Å². The Hall–Kier alpha value is -2.62. The standard InChI is InChI=1S/C20H23NO3/c1-13-9-10-14(2)18(11-13)21-19(22)12-17(20(23)24)15(3)16-7-5-4-6-8-16/h4-11,15,17H,12H2,1-3H3,(H,21,22)(H,23,24)/t15-,17+/m0/s1. The highest BCUT2D eigenvalue weighted by atomic mass is 16.4. The molecule has 126 valence electrons. The molecule has 0 bridgehead atoms. The van der Waals surface area contributed by atoms with E-state index in [9.17, 15) is 14.7 Å². The average molecular weight is 325 g/mol. The lowest BCUT2D eigenvalue weighted by molar-refractivity contribution is -0.144. The summed E-state index contributed by atoms with van der Waals surface area (Å²) in [5, 5.41) is 12.4. The number of hydrogen-bond donors (Lipinski definition) is 2. The molecule has 24 heavy (non-hydrogen) atoms. The molecule has 4 heteroatoms. The fourth-order valence-electron chi connectivity index (χ4n) is 2.74. The van der Waals surface area contributed by atoms with Crippen LogP contribution in [-0.2, 0) is 9.59 Å². The highest BCUT2D eigenvalue weighted by molar-refractivity contribution is 5.94. The number of amides is 1. The second-order valence-electron chi connectivity index (χ2n) is 6.21. The Bertz CT molecular complexity index is 725. The molecule has 0 aliphatic carbocycles. The Morgan fingerprint density at radius 3 is 2.38 bits per heavy atom. The molecule has 2 aromatic rings. The van der Waals surface area contributed by atoms with Crippen molar-refractivity contribution in [2.24, 2.45) is 5.92 Å². The maximum absolute atomic E-state index is 12.4. The van der Waals surface area contributed by atoms with Gasteiger partial charge >= 0.3 is 5.97 Å². The quantitative estimate of drug-likeness (QED) is 0.839. The average Bonchev–Trinajstić information content (AvgIpc) is 2.56. The minimum Gasteiger partial charge on any atom is -0.481 e. The number of carbonyl (C=O) groups excluding carboxylic acids is 1. The Labute approximate surface area is 142 Å². The van der Waals surface area contributed by atoms with Crippen LogP contribution in [0.5, 0.6) is 0 Å². The largest absolute Gasteiger partial charge is 0.481 e. The maximum atomic E-state index is 12.4. The Kier molecular flexibility index (Phi) is 5.74. The molecule has 0 aliphatic rings. The van der Waals surface area contributed by atoms with Gasteiger partial charge < -0.3 is 10.4 Å². The van der Waals surface area contributed by atoms with Crippen LogP contribution in [0, 0.1) is 19.8 Å². The second kappa shape index (κ2) is 7.77. The molecule has 0 saturated carbocycles. The summed E-state index contributed by atoms with van der Waals surface area (Å²) in [4.78, 5) is 24.0. The van der Waals surface area contributed by atoms with Crippen molar-refractivity contribution in [3.8, 4) is 0 Å². The lowest BCUT2D eigenvalue weighted by Gasteiger charge is -2.20. The molecular weight excluding hydrogens is 302 g/mol. The molecule has 4 nitrogen and oxygen atoms in total. The molecule has 2 rings (SSSR count). The van der Waals surface area contributed by atoms with Gasteiger partial charge in [-0.05, 0) is 42.5 Å². The van der Waals surface area contributed by atoms with E-state index in [1.165, 1.54) is 0 Å². The number of rotatable bonds is 6. The fourth-order valence-corrected chi connectivity index (χ4v) is 2.74.